The molecule has 3 nitrogen and oxygen atoms in total. The van der Waals surface area contributed by atoms with E-state index in [1.54, 1.807) is 13.0 Å². The van der Waals surface area contributed by atoms with E-state index in [-0.39, 0.29) is 5.97 Å². The lowest BCUT2D eigenvalue weighted by Crippen LogP contribution is -2.12. The molecule has 0 saturated heterocycles. The molecule has 0 aliphatic carbocycles. The molecule has 0 aromatic rings. The molecule has 0 aromatic heterocycles. The molecule has 0 atom stereocenters. The third kappa shape index (κ3) is 15.6. The summed E-state index contributed by atoms with van der Waals surface area (Å²) in [6, 6.07) is 0. The first-order valence-corrected chi connectivity index (χ1v) is 6.73. The Hall–Kier alpha value is -0.873. The summed E-state index contributed by atoms with van der Waals surface area (Å²) in [7, 11) is -1.12. The van der Waals surface area contributed by atoms with Crippen LogP contribution in [0.5, 0.6) is 0 Å². The third-order valence-electron chi connectivity index (χ3n) is 1.51. The van der Waals surface area contributed by atoms with Gasteiger partial charge in [0.25, 0.3) is 0 Å². The molecule has 0 bridgehead atoms. The normalized spacial score (nSPS) is 9.44. The van der Waals surface area contributed by atoms with Gasteiger partial charge in [-0.25, -0.2) is 4.79 Å². The minimum absolute atomic E-state index is 0.331. The number of hydrogen-bond acceptors (Lipinski definition) is 3. The largest absolute Gasteiger partial charge is 0.496 e. The van der Waals surface area contributed by atoms with Gasteiger partial charge in [-0.15, -0.1) is 6.58 Å². The molecule has 0 amide bonds. The van der Waals surface area contributed by atoms with Crippen molar-refractivity contribution in [3.63, 3.8) is 0 Å². The van der Waals surface area contributed by atoms with Crippen molar-refractivity contribution in [1.29, 1.82) is 0 Å². The minimum Gasteiger partial charge on any atom is -0.496 e. The van der Waals surface area contributed by atoms with Crippen LogP contribution in [0.4, 0.5) is 0 Å². The Labute approximate surface area is 102 Å². The molecule has 0 saturated carbocycles. The van der Waals surface area contributed by atoms with Crippen molar-refractivity contribution >= 4 is 16.0 Å². The number of hydrogen-bond donors (Lipinski definition) is 0. The van der Waals surface area contributed by atoms with Crippen molar-refractivity contribution in [3.05, 3.63) is 24.8 Å². The lowest BCUT2D eigenvalue weighted by Gasteiger charge is -2.04. The third-order valence-corrected chi connectivity index (χ3v) is 2.35. The molecule has 0 aliphatic rings. The van der Waals surface area contributed by atoms with Gasteiger partial charge in [-0.2, -0.15) is 0 Å². The average Bonchev–Trinajstić information content (AvgIpc) is 2.24. The van der Waals surface area contributed by atoms with Gasteiger partial charge in [0.1, 0.15) is 0 Å². The van der Waals surface area contributed by atoms with Crippen LogP contribution in [0.1, 0.15) is 40.0 Å². The molecule has 0 fully saturated rings. The summed E-state index contributed by atoms with van der Waals surface area (Å²) in [5.41, 5.74) is 0.435. The SMILES string of the molecule is C=C(C)C(=O)O[SiH2]OCCCCC.C=CC. The van der Waals surface area contributed by atoms with Crippen molar-refractivity contribution in [2.45, 2.75) is 40.0 Å². The van der Waals surface area contributed by atoms with E-state index in [0.717, 1.165) is 6.42 Å². The predicted molar refractivity (Wildman–Crippen MR) is 70.8 cm³/mol. The Morgan fingerprint density at radius 2 is 2.00 bits per heavy atom. The highest BCUT2D eigenvalue weighted by Crippen LogP contribution is 1.94. The van der Waals surface area contributed by atoms with Gasteiger partial charge < -0.3 is 8.85 Å². The fourth-order valence-corrected chi connectivity index (χ4v) is 1.49. The highest BCUT2D eigenvalue weighted by Gasteiger charge is 2.01. The molecule has 0 aliphatic heterocycles. The summed E-state index contributed by atoms with van der Waals surface area (Å²) < 4.78 is 10.1. The summed E-state index contributed by atoms with van der Waals surface area (Å²) in [5.74, 6) is -0.331. The Morgan fingerprint density at radius 1 is 1.44 bits per heavy atom. The molecule has 0 heterocycles. The van der Waals surface area contributed by atoms with E-state index in [1.165, 1.54) is 12.8 Å². The van der Waals surface area contributed by atoms with Crippen molar-refractivity contribution < 1.29 is 13.6 Å². The number of allylic oxidation sites excluding steroid dienone is 1. The molecule has 16 heavy (non-hydrogen) atoms. The topological polar surface area (TPSA) is 35.5 Å². The van der Waals surface area contributed by atoms with E-state index in [9.17, 15) is 4.79 Å². The molecule has 0 radical (unpaired) electrons. The average molecular weight is 244 g/mol. The minimum atomic E-state index is -1.12. The summed E-state index contributed by atoms with van der Waals surface area (Å²) >= 11 is 0. The maximum absolute atomic E-state index is 10.9. The van der Waals surface area contributed by atoms with Gasteiger partial charge in [0.05, 0.1) is 0 Å². The Balaban J connectivity index is 0. The summed E-state index contributed by atoms with van der Waals surface area (Å²) in [4.78, 5) is 10.9. The van der Waals surface area contributed by atoms with Crippen LogP contribution in [0.15, 0.2) is 24.8 Å². The first-order valence-electron chi connectivity index (χ1n) is 5.57. The zero-order valence-electron chi connectivity index (χ0n) is 10.8. The highest BCUT2D eigenvalue weighted by molar-refractivity contribution is 6.23. The van der Waals surface area contributed by atoms with Crippen LogP contribution >= 0.6 is 0 Å². The van der Waals surface area contributed by atoms with Crippen LogP contribution in [-0.4, -0.2) is 22.6 Å². The highest BCUT2D eigenvalue weighted by atomic mass is 28.3. The summed E-state index contributed by atoms with van der Waals surface area (Å²) in [6.45, 7) is 13.2. The van der Waals surface area contributed by atoms with Crippen molar-refractivity contribution in [1.82, 2.24) is 0 Å². The maximum Gasteiger partial charge on any atom is 0.369 e. The van der Waals surface area contributed by atoms with Gasteiger partial charge >= 0.3 is 16.0 Å². The van der Waals surface area contributed by atoms with Crippen molar-refractivity contribution in [2.24, 2.45) is 0 Å². The number of carbonyl (C=O) groups is 1. The van der Waals surface area contributed by atoms with Crippen LogP contribution in [0.25, 0.3) is 0 Å². The van der Waals surface area contributed by atoms with Crippen LogP contribution in [-0.2, 0) is 13.6 Å². The molecule has 0 aromatic carbocycles. The monoisotopic (exact) mass is 244 g/mol. The maximum atomic E-state index is 10.9. The molecule has 0 N–H and O–H groups in total. The Bertz CT molecular complexity index is 202. The van der Waals surface area contributed by atoms with Gasteiger partial charge in [-0.05, 0) is 20.3 Å². The zero-order chi connectivity index (χ0) is 12.8. The second-order valence-electron chi connectivity index (χ2n) is 3.35. The van der Waals surface area contributed by atoms with Crippen LogP contribution in [0.3, 0.4) is 0 Å². The van der Waals surface area contributed by atoms with Crippen molar-refractivity contribution in [2.75, 3.05) is 6.61 Å². The first-order chi connectivity index (χ1) is 7.59. The number of unbranched alkanes of at least 4 members (excludes halogenated alkanes) is 2. The lowest BCUT2D eigenvalue weighted by atomic mass is 10.3. The van der Waals surface area contributed by atoms with Crippen LogP contribution < -0.4 is 0 Å². The van der Waals surface area contributed by atoms with Crippen LogP contribution in [0.2, 0.25) is 0 Å². The standard InChI is InChI=1S/C9H18O3Si.C3H6/c1-4-5-6-7-11-13-12-9(10)8(2)3;1-3-2/h2,4-7,13H2,1,3H3;3H,1H2,2H3. The van der Waals surface area contributed by atoms with Gasteiger partial charge in [0, 0.05) is 12.2 Å². The predicted octanol–water partition coefficient (Wildman–Crippen LogP) is 2.50. The van der Waals surface area contributed by atoms with E-state index in [4.69, 9.17) is 8.85 Å². The quantitative estimate of drug-likeness (QED) is 0.299. The second-order valence-corrected chi connectivity index (χ2v) is 4.29. The van der Waals surface area contributed by atoms with Gasteiger partial charge in [0.2, 0.25) is 0 Å². The Morgan fingerprint density at radius 3 is 2.44 bits per heavy atom. The van der Waals surface area contributed by atoms with E-state index in [0.29, 0.717) is 12.2 Å². The van der Waals surface area contributed by atoms with Crippen LogP contribution in [0, 0.1) is 0 Å². The fourth-order valence-electron chi connectivity index (χ4n) is 0.731. The van der Waals surface area contributed by atoms with Crippen molar-refractivity contribution in [3.8, 4) is 0 Å². The van der Waals surface area contributed by atoms with Gasteiger partial charge in [-0.3, -0.25) is 0 Å². The Kier molecular flexibility index (Phi) is 15.5. The second kappa shape index (κ2) is 14.1. The first kappa shape index (κ1) is 17.5. The van der Waals surface area contributed by atoms with E-state index >= 15 is 0 Å². The van der Waals surface area contributed by atoms with Gasteiger partial charge in [-0.1, -0.05) is 32.4 Å². The molecular formula is C12H24O3Si. The van der Waals surface area contributed by atoms with Gasteiger partial charge in [0.15, 0.2) is 0 Å². The van der Waals surface area contributed by atoms with E-state index in [1.807, 2.05) is 6.92 Å². The molecule has 4 heteroatoms. The lowest BCUT2D eigenvalue weighted by molar-refractivity contribution is -0.131. The zero-order valence-corrected chi connectivity index (χ0v) is 12.2. The van der Waals surface area contributed by atoms with E-state index in [2.05, 4.69) is 20.1 Å². The van der Waals surface area contributed by atoms with E-state index < -0.39 is 10.0 Å². The molecule has 94 valence electrons. The molecule has 0 rings (SSSR count). The molecular weight excluding hydrogens is 220 g/mol. The summed E-state index contributed by atoms with van der Waals surface area (Å²) in [5, 5.41) is 0. The summed E-state index contributed by atoms with van der Waals surface area (Å²) in [6.07, 6.45) is 5.15. The smallest absolute Gasteiger partial charge is 0.369 e. The number of rotatable bonds is 7. The molecule has 0 unspecified atom stereocenters. The fraction of sp³-hybridized carbons (Fsp3) is 0.583. The molecule has 0 spiro atoms. The number of carbonyl (C=O) groups excluding carboxylic acids is 1.